The van der Waals surface area contributed by atoms with Crippen LogP contribution in [-0.4, -0.2) is 73.9 Å². The summed E-state index contributed by atoms with van der Waals surface area (Å²) in [5, 5.41) is 58.9. The van der Waals surface area contributed by atoms with Crippen molar-refractivity contribution in [3.63, 3.8) is 0 Å². The number of benzene rings is 2. The van der Waals surface area contributed by atoms with E-state index in [0.29, 0.717) is 0 Å². The average Bonchev–Trinajstić information content (AvgIpc) is 2.72. The average molecular weight is 418 g/mol. The number of aromatic hydroxyl groups is 1. The molecule has 0 bridgehead atoms. The van der Waals surface area contributed by atoms with Crippen LogP contribution in [-0.2, 0) is 4.74 Å². The van der Waals surface area contributed by atoms with Gasteiger partial charge in [-0.15, -0.1) is 0 Å². The van der Waals surface area contributed by atoms with E-state index in [1.54, 1.807) is 6.08 Å². The van der Waals surface area contributed by atoms with Crippen molar-refractivity contribution >= 4 is 18.1 Å². The second-order valence-electron chi connectivity index (χ2n) is 6.77. The summed E-state index contributed by atoms with van der Waals surface area (Å²) in [5.41, 5.74) is 0.622. The van der Waals surface area contributed by atoms with E-state index in [-0.39, 0.29) is 22.6 Å². The molecule has 0 radical (unpaired) electrons. The number of phenolic OH excluding ortho intramolecular Hbond substituents is 1. The molecule has 1 fully saturated rings. The number of carboxylic acid groups (broad SMARTS) is 1. The highest BCUT2D eigenvalue weighted by atomic mass is 16.7. The number of ether oxygens (including phenoxy) is 2. The molecular weight excluding hydrogens is 396 g/mol. The number of phenols is 1. The maximum absolute atomic E-state index is 11.9. The van der Waals surface area contributed by atoms with Crippen LogP contribution in [0.4, 0.5) is 0 Å². The highest BCUT2D eigenvalue weighted by molar-refractivity contribution is 5.97. The molecule has 0 aromatic heterocycles. The fraction of sp³-hybridized carbons (Fsp3) is 0.286. The fourth-order valence-corrected chi connectivity index (χ4v) is 3.12. The lowest BCUT2D eigenvalue weighted by molar-refractivity contribution is -0.277. The lowest BCUT2D eigenvalue weighted by atomic mass is 9.99. The van der Waals surface area contributed by atoms with Gasteiger partial charge in [0, 0.05) is 6.07 Å². The smallest absolute Gasteiger partial charge is 0.340 e. The highest BCUT2D eigenvalue weighted by Crippen LogP contribution is 2.33. The lowest BCUT2D eigenvalue weighted by Gasteiger charge is -2.39. The summed E-state index contributed by atoms with van der Waals surface area (Å²) in [7, 11) is 0. The normalized spacial score (nSPS) is 26.6. The summed E-state index contributed by atoms with van der Waals surface area (Å²) in [5.74, 6) is -1.98. The molecule has 0 aliphatic carbocycles. The Morgan fingerprint density at radius 3 is 2.37 bits per heavy atom. The first-order valence-electron chi connectivity index (χ1n) is 9.12. The molecular formula is C21H22O9. The Balaban J connectivity index is 1.95. The predicted octanol–water partition coefficient (Wildman–Crippen LogP) is 0.439. The molecule has 6 N–H and O–H groups in total. The molecule has 1 aliphatic heterocycles. The van der Waals surface area contributed by atoms with E-state index in [1.807, 2.05) is 30.3 Å². The Kier molecular flexibility index (Phi) is 6.70. The number of hydrogen-bond acceptors (Lipinski definition) is 8. The van der Waals surface area contributed by atoms with Crippen molar-refractivity contribution in [3.05, 3.63) is 59.2 Å². The van der Waals surface area contributed by atoms with Gasteiger partial charge in [0.2, 0.25) is 6.29 Å². The third kappa shape index (κ3) is 4.61. The summed E-state index contributed by atoms with van der Waals surface area (Å²) >= 11 is 0. The van der Waals surface area contributed by atoms with E-state index in [9.17, 15) is 35.4 Å². The molecule has 0 spiro atoms. The van der Waals surface area contributed by atoms with Crippen LogP contribution in [0, 0.1) is 0 Å². The van der Waals surface area contributed by atoms with E-state index < -0.39 is 43.3 Å². The summed E-state index contributed by atoms with van der Waals surface area (Å²) in [6.07, 6.45) is -4.68. The topological polar surface area (TPSA) is 157 Å². The zero-order valence-corrected chi connectivity index (χ0v) is 15.7. The van der Waals surface area contributed by atoms with E-state index in [1.165, 1.54) is 12.1 Å². The van der Waals surface area contributed by atoms with Crippen LogP contribution in [0.15, 0.2) is 42.5 Å². The van der Waals surface area contributed by atoms with E-state index >= 15 is 0 Å². The molecule has 9 nitrogen and oxygen atoms in total. The van der Waals surface area contributed by atoms with Gasteiger partial charge in [-0.3, -0.25) is 0 Å². The number of aliphatic hydroxyl groups is 4. The Morgan fingerprint density at radius 2 is 1.73 bits per heavy atom. The molecule has 5 unspecified atom stereocenters. The van der Waals surface area contributed by atoms with Gasteiger partial charge in [-0.1, -0.05) is 42.5 Å². The number of carboxylic acids is 1. The minimum atomic E-state index is -1.73. The predicted molar refractivity (Wildman–Crippen MR) is 105 cm³/mol. The zero-order chi connectivity index (χ0) is 21.8. The number of aliphatic hydroxyl groups excluding tert-OH is 4. The molecule has 160 valence electrons. The molecule has 30 heavy (non-hydrogen) atoms. The van der Waals surface area contributed by atoms with Gasteiger partial charge in [0.15, 0.2) is 0 Å². The van der Waals surface area contributed by atoms with Gasteiger partial charge in [0.1, 0.15) is 41.5 Å². The lowest BCUT2D eigenvalue weighted by Crippen LogP contribution is -2.60. The monoisotopic (exact) mass is 418 g/mol. The fourth-order valence-electron chi connectivity index (χ4n) is 3.12. The van der Waals surface area contributed by atoms with Gasteiger partial charge in [0.25, 0.3) is 0 Å². The maximum Gasteiger partial charge on any atom is 0.340 e. The van der Waals surface area contributed by atoms with Crippen molar-refractivity contribution in [1.82, 2.24) is 0 Å². The first-order valence-corrected chi connectivity index (χ1v) is 9.12. The molecule has 9 heteroatoms. The Morgan fingerprint density at radius 1 is 1.03 bits per heavy atom. The largest absolute Gasteiger partial charge is 0.508 e. The van der Waals surface area contributed by atoms with Gasteiger partial charge in [-0.2, -0.15) is 0 Å². The summed E-state index contributed by atoms with van der Waals surface area (Å²) < 4.78 is 10.7. The van der Waals surface area contributed by atoms with Crippen LogP contribution in [0.2, 0.25) is 0 Å². The van der Waals surface area contributed by atoms with Crippen molar-refractivity contribution in [2.24, 2.45) is 0 Å². The van der Waals surface area contributed by atoms with Crippen molar-refractivity contribution < 1.29 is 44.9 Å². The Hall–Kier alpha value is -2.95. The van der Waals surface area contributed by atoms with E-state index in [4.69, 9.17) is 9.47 Å². The Labute approximate surface area is 171 Å². The molecule has 3 rings (SSSR count). The Bertz CT molecular complexity index is 910. The second-order valence-corrected chi connectivity index (χ2v) is 6.77. The second kappa shape index (κ2) is 9.24. The molecule has 2 aromatic rings. The van der Waals surface area contributed by atoms with Crippen molar-refractivity contribution in [2.75, 3.05) is 6.61 Å². The number of carbonyl (C=O) groups is 1. The standard InChI is InChI=1S/C21H22O9/c22-10-15-17(24)18(25)19(26)21(30-15)29-14-9-13(23)8-12(16(14)20(27)28)7-6-11-4-2-1-3-5-11/h1-9,15,17-19,21-26H,10H2,(H,27,28). The molecule has 5 atom stereocenters. The van der Waals surface area contributed by atoms with Gasteiger partial charge >= 0.3 is 5.97 Å². The van der Waals surface area contributed by atoms with E-state index in [0.717, 1.165) is 11.6 Å². The number of rotatable bonds is 6. The maximum atomic E-state index is 11.9. The van der Waals surface area contributed by atoms with Crippen molar-refractivity contribution in [2.45, 2.75) is 30.7 Å². The zero-order valence-electron chi connectivity index (χ0n) is 15.7. The van der Waals surface area contributed by atoms with Crippen molar-refractivity contribution in [1.29, 1.82) is 0 Å². The molecule has 0 amide bonds. The minimum Gasteiger partial charge on any atom is -0.508 e. The van der Waals surface area contributed by atoms with Gasteiger partial charge in [0.05, 0.1) is 6.61 Å². The van der Waals surface area contributed by atoms with Gasteiger partial charge in [-0.05, 0) is 17.2 Å². The molecule has 1 saturated heterocycles. The van der Waals surface area contributed by atoms with Crippen LogP contribution in [0.1, 0.15) is 21.5 Å². The quantitative estimate of drug-likeness (QED) is 0.366. The number of hydrogen-bond donors (Lipinski definition) is 6. The van der Waals surface area contributed by atoms with E-state index in [2.05, 4.69) is 0 Å². The highest BCUT2D eigenvalue weighted by Gasteiger charge is 2.45. The molecule has 0 saturated carbocycles. The molecule has 2 aromatic carbocycles. The van der Waals surface area contributed by atoms with Crippen LogP contribution in [0.3, 0.4) is 0 Å². The number of aromatic carboxylic acids is 1. The first kappa shape index (κ1) is 21.8. The first-order chi connectivity index (χ1) is 14.3. The third-order valence-corrected chi connectivity index (χ3v) is 4.68. The van der Waals surface area contributed by atoms with Gasteiger partial charge < -0.3 is 40.1 Å². The summed E-state index contributed by atoms with van der Waals surface area (Å²) in [6.45, 7) is -0.665. The minimum absolute atomic E-state index is 0.131. The molecule has 1 aliphatic rings. The van der Waals surface area contributed by atoms with Crippen LogP contribution in [0.5, 0.6) is 11.5 Å². The third-order valence-electron chi connectivity index (χ3n) is 4.68. The van der Waals surface area contributed by atoms with Crippen LogP contribution >= 0.6 is 0 Å². The summed E-state index contributed by atoms with van der Waals surface area (Å²) in [4.78, 5) is 11.9. The summed E-state index contributed by atoms with van der Waals surface area (Å²) in [6, 6.07) is 11.4. The van der Waals surface area contributed by atoms with Crippen molar-refractivity contribution in [3.8, 4) is 11.5 Å². The SMILES string of the molecule is O=C(O)c1c(C=Cc2ccccc2)cc(O)cc1OC1OC(CO)C(O)C(O)C1O. The van der Waals surface area contributed by atoms with Crippen LogP contribution in [0.25, 0.3) is 12.2 Å². The van der Waals surface area contributed by atoms with Crippen LogP contribution < -0.4 is 4.74 Å². The van der Waals surface area contributed by atoms with Gasteiger partial charge in [-0.25, -0.2) is 4.79 Å². The molecule has 1 heterocycles.